The van der Waals surface area contributed by atoms with E-state index in [1.54, 1.807) is 0 Å². The molecule has 6 nitrogen and oxygen atoms in total. The number of carbonyl (C=O) groups is 1. The summed E-state index contributed by atoms with van der Waals surface area (Å²) >= 11 is 1.53. The second-order valence-corrected chi connectivity index (χ2v) is 5.36. The normalized spacial score (nSPS) is 12.1. The van der Waals surface area contributed by atoms with Gasteiger partial charge in [-0.1, -0.05) is 42.1 Å². The molecule has 0 aliphatic rings. The van der Waals surface area contributed by atoms with E-state index in [9.17, 15) is 4.79 Å². The predicted molar refractivity (Wildman–Crippen MR) is 85.5 cm³/mol. The maximum absolute atomic E-state index is 12.3. The number of nitrogens with one attached hydrogen (secondary N) is 1. The van der Waals surface area contributed by atoms with Crippen molar-refractivity contribution in [3.8, 4) is 0 Å². The minimum atomic E-state index is -0.626. The maximum atomic E-state index is 12.3. The monoisotopic (exact) mass is 320 g/mol. The van der Waals surface area contributed by atoms with E-state index < -0.39 is 6.10 Å². The highest BCUT2D eigenvalue weighted by Crippen LogP contribution is 2.17. The van der Waals surface area contributed by atoms with Crippen LogP contribution in [0.25, 0.3) is 0 Å². The molecule has 1 amide bonds. The van der Waals surface area contributed by atoms with Crippen LogP contribution in [0.5, 0.6) is 0 Å². The molecule has 0 spiro atoms. The molecule has 1 unspecified atom stereocenters. The number of hydrogen-bond acceptors (Lipinski definition) is 5. The minimum Gasteiger partial charge on any atom is -0.367 e. The molecule has 7 heteroatoms. The van der Waals surface area contributed by atoms with E-state index in [0.29, 0.717) is 6.54 Å². The topological polar surface area (TPSA) is 69.0 Å². The third-order valence-corrected chi connectivity index (χ3v) is 3.96. The van der Waals surface area contributed by atoms with Crippen molar-refractivity contribution in [1.82, 2.24) is 20.1 Å². The Bertz CT molecular complexity index is 615. The summed E-state index contributed by atoms with van der Waals surface area (Å²) in [7, 11) is 1.53. The number of amides is 1. The van der Waals surface area contributed by atoms with Crippen molar-refractivity contribution < 1.29 is 9.53 Å². The summed E-state index contributed by atoms with van der Waals surface area (Å²) in [6.45, 7) is 3.12. The molecule has 1 heterocycles. The largest absolute Gasteiger partial charge is 0.367 e. The van der Waals surface area contributed by atoms with E-state index in [-0.39, 0.29) is 5.91 Å². The van der Waals surface area contributed by atoms with Gasteiger partial charge in [0.1, 0.15) is 0 Å². The summed E-state index contributed by atoms with van der Waals surface area (Å²) in [5.41, 5.74) is 0.823. The van der Waals surface area contributed by atoms with Gasteiger partial charge in [-0.3, -0.25) is 4.79 Å². The second kappa shape index (κ2) is 7.95. The smallest absolute Gasteiger partial charge is 0.254 e. The van der Waals surface area contributed by atoms with Crippen LogP contribution in [0.1, 0.15) is 24.4 Å². The molecule has 22 heavy (non-hydrogen) atoms. The molecule has 0 radical (unpaired) electrons. The van der Waals surface area contributed by atoms with E-state index >= 15 is 0 Å². The molecule has 118 valence electrons. The van der Waals surface area contributed by atoms with E-state index in [1.807, 2.05) is 48.1 Å². The van der Waals surface area contributed by atoms with E-state index in [1.165, 1.54) is 18.9 Å². The van der Waals surface area contributed by atoms with Crippen LogP contribution in [0.15, 0.2) is 35.5 Å². The average molecular weight is 320 g/mol. The van der Waals surface area contributed by atoms with Gasteiger partial charge >= 0.3 is 0 Å². The Morgan fingerprint density at radius 2 is 2.09 bits per heavy atom. The molecule has 0 fully saturated rings. The minimum absolute atomic E-state index is 0.190. The molecule has 1 aromatic heterocycles. The van der Waals surface area contributed by atoms with Crippen LogP contribution in [-0.4, -0.2) is 34.0 Å². The van der Waals surface area contributed by atoms with Crippen molar-refractivity contribution in [2.75, 3.05) is 13.4 Å². The van der Waals surface area contributed by atoms with Gasteiger partial charge in [-0.05, 0) is 18.7 Å². The molecule has 2 aromatic rings. The lowest BCUT2D eigenvalue weighted by Gasteiger charge is -2.15. The third kappa shape index (κ3) is 3.66. The van der Waals surface area contributed by atoms with Gasteiger partial charge in [0.25, 0.3) is 5.91 Å². The van der Waals surface area contributed by atoms with Crippen molar-refractivity contribution >= 4 is 17.7 Å². The number of carbonyl (C=O) groups excluding carboxylic acids is 1. The van der Waals surface area contributed by atoms with Gasteiger partial charge in [-0.2, -0.15) is 0 Å². The zero-order valence-corrected chi connectivity index (χ0v) is 13.8. The number of nitrogens with zero attached hydrogens (tertiary/aromatic N) is 3. The molecule has 0 aliphatic carbocycles. The summed E-state index contributed by atoms with van der Waals surface area (Å²) < 4.78 is 7.29. The van der Waals surface area contributed by atoms with Gasteiger partial charge < -0.3 is 14.6 Å². The molecule has 0 saturated heterocycles. The number of aromatic nitrogens is 3. The van der Waals surface area contributed by atoms with Crippen LogP contribution >= 0.6 is 11.8 Å². The summed E-state index contributed by atoms with van der Waals surface area (Å²) in [5, 5.41) is 11.9. The van der Waals surface area contributed by atoms with E-state index in [0.717, 1.165) is 23.1 Å². The van der Waals surface area contributed by atoms with Crippen LogP contribution in [0.2, 0.25) is 0 Å². The molecular weight excluding hydrogens is 300 g/mol. The summed E-state index contributed by atoms with van der Waals surface area (Å²) in [6.07, 6.45) is 1.33. The quantitative estimate of drug-likeness (QED) is 0.791. The Morgan fingerprint density at radius 1 is 1.36 bits per heavy atom. The summed E-state index contributed by atoms with van der Waals surface area (Å²) in [6, 6.07) is 9.41. The lowest BCUT2D eigenvalue weighted by atomic mass is 10.1. The summed E-state index contributed by atoms with van der Waals surface area (Å²) in [4.78, 5) is 12.3. The van der Waals surface area contributed by atoms with Gasteiger partial charge in [0.15, 0.2) is 17.1 Å². The van der Waals surface area contributed by atoms with Gasteiger partial charge in [-0.15, -0.1) is 10.2 Å². The fourth-order valence-corrected chi connectivity index (χ4v) is 2.78. The molecule has 2 rings (SSSR count). The van der Waals surface area contributed by atoms with Crippen LogP contribution in [0.3, 0.4) is 0 Å². The Morgan fingerprint density at radius 3 is 2.68 bits per heavy atom. The van der Waals surface area contributed by atoms with E-state index in [2.05, 4.69) is 15.5 Å². The van der Waals surface area contributed by atoms with Gasteiger partial charge in [0.2, 0.25) is 0 Å². The zero-order valence-electron chi connectivity index (χ0n) is 12.9. The molecule has 0 saturated carbocycles. The van der Waals surface area contributed by atoms with Crippen LogP contribution in [0, 0.1) is 0 Å². The second-order valence-electron chi connectivity index (χ2n) is 4.59. The third-order valence-electron chi connectivity index (χ3n) is 3.29. The SMILES string of the molecule is CCn1c(CNC(=O)C(OC)c2ccccc2)nnc1SC. The van der Waals surface area contributed by atoms with Gasteiger partial charge in [0.05, 0.1) is 6.54 Å². The molecule has 1 atom stereocenters. The molecule has 0 bridgehead atoms. The standard InChI is InChI=1S/C15H20N4O2S/c1-4-19-12(17-18-15(19)22-3)10-16-14(20)13(21-2)11-8-6-5-7-9-11/h5-9,13H,4,10H2,1-3H3,(H,16,20). The number of hydrogen-bond donors (Lipinski definition) is 1. The van der Waals surface area contributed by atoms with Crippen molar-refractivity contribution in [2.24, 2.45) is 0 Å². The first kappa shape index (κ1) is 16.5. The van der Waals surface area contributed by atoms with Crippen molar-refractivity contribution in [3.05, 3.63) is 41.7 Å². The van der Waals surface area contributed by atoms with Crippen LogP contribution in [-0.2, 0) is 22.6 Å². The molecule has 1 N–H and O–H groups in total. The highest BCUT2D eigenvalue weighted by molar-refractivity contribution is 7.98. The molecular formula is C15H20N4O2S. The zero-order chi connectivity index (χ0) is 15.9. The Hall–Kier alpha value is -1.86. The first-order valence-electron chi connectivity index (χ1n) is 7.02. The molecule has 1 aromatic carbocycles. The van der Waals surface area contributed by atoms with Crippen molar-refractivity contribution in [2.45, 2.75) is 31.3 Å². The lowest BCUT2D eigenvalue weighted by Crippen LogP contribution is -2.31. The fraction of sp³-hybridized carbons (Fsp3) is 0.400. The lowest BCUT2D eigenvalue weighted by molar-refractivity contribution is -0.131. The average Bonchev–Trinajstić information content (AvgIpc) is 2.96. The Labute approximate surface area is 134 Å². The number of benzene rings is 1. The first-order chi connectivity index (χ1) is 10.7. The summed E-state index contributed by atoms with van der Waals surface area (Å²) in [5.74, 6) is 0.549. The van der Waals surface area contributed by atoms with Crippen molar-refractivity contribution in [3.63, 3.8) is 0 Å². The highest BCUT2D eigenvalue weighted by Gasteiger charge is 2.20. The number of ether oxygens (including phenoxy) is 1. The van der Waals surface area contributed by atoms with E-state index in [4.69, 9.17) is 4.74 Å². The Balaban J connectivity index is 2.04. The van der Waals surface area contributed by atoms with Crippen molar-refractivity contribution in [1.29, 1.82) is 0 Å². The number of methoxy groups -OCH3 is 1. The Kier molecular flexibility index (Phi) is 5.97. The maximum Gasteiger partial charge on any atom is 0.254 e. The molecule has 0 aliphatic heterocycles. The highest BCUT2D eigenvalue weighted by atomic mass is 32.2. The van der Waals surface area contributed by atoms with Gasteiger partial charge in [-0.25, -0.2) is 0 Å². The fourth-order valence-electron chi connectivity index (χ4n) is 2.20. The van der Waals surface area contributed by atoms with Crippen LogP contribution in [0.4, 0.5) is 0 Å². The van der Waals surface area contributed by atoms with Gasteiger partial charge in [0, 0.05) is 13.7 Å². The predicted octanol–water partition coefficient (Wildman–Crippen LogP) is 2.02. The number of thioether (sulfide) groups is 1. The number of rotatable bonds is 7. The van der Waals surface area contributed by atoms with Crippen LogP contribution < -0.4 is 5.32 Å². The first-order valence-corrected chi connectivity index (χ1v) is 8.25.